The number of nitrogens with zero attached hydrogens (tertiary/aromatic N) is 3. The monoisotopic (exact) mass is 418 g/mol. The van der Waals surface area contributed by atoms with Crippen LogP contribution in [0.5, 0.6) is 0 Å². The van der Waals surface area contributed by atoms with Crippen LogP contribution in [0.25, 0.3) is 11.0 Å². The number of anilines is 1. The zero-order chi connectivity index (χ0) is 21.4. The summed E-state index contributed by atoms with van der Waals surface area (Å²) in [6.45, 7) is 3.62. The minimum Gasteiger partial charge on any atom is -0.451 e. The number of fused-ring (bicyclic) bond motifs is 2. The van der Waals surface area contributed by atoms with Gasteiger partial charge in [-0.15, -0.1) is 0 Å². The summed E-state index contributed by atoms with van der Waals surface area (Å²) in [5.74, 6) is 1.63. The lowest BCUT2D eigenvalue weighted by Gasteiger charge is -2.35. The molecule has 7 heteroatoms. The number of aromatic nitrogens is 2. The summed E-state index contributed by atoms with van der Waals surface area (Å²) in [6, 6.07) is 8.30. The quantitative estimate of drug-likeness (QED) is 0.703. The van der Waals surface area contributed by atoms with Crippen molar-refractivity contribution in [3.05, 3.63) is 63.4 Å². The van der Waals surface area contributed by atoms with E-state index in [1.807, 2.05) is 6.92 Å². The van der Waals surface area contributed by atoms with Crippen LogP contribution >= 0.6 is 0 Å². The molecular weight excluding hydrogens is 392 g/mol. The molecule has 1 aliphatic heterocycles. The first-order chi connectivity index (χ1) is 15.1. The van der Waals surface area contributed by atoms with E-state index in [1.165, 1.54) is 30.2 Å². The molecule has 5 rings (SSSR count). The van der Waals surface area contributed by atoms with Crippen LogP contribution in [-0.2, 0) is 12.8 Å². The zero-order valence-corrected chi connectivity index (χ0v) is 17.7. The molecule has 31 heavy (non-hydrogen) atoms. The van der Waals surface area contributed by atoms with Crippen LogP contribution in [0, 0.1) is 6.92 Å². The standard InChI is InChI=1S/C24H26N4O3/c1-15-25-19-8-4-2-6-17(19)23(26-15)28-12-10-16(11-13-28)27-24(30)22-14-20(29)18-7-3-5-9-21(18)31-22/h3,5,7,9,14,16H,2,4,6,8,10-13H2,1H3,(H,27,30). The molecule has 2 aliphatic rings. The molecule has 1 fully saturated rings. The van der Waals surface area contributed by atoms with Crippen LogP contribution in [0.3, 0.4) is 0 Å². The maximum atomic E-state index is 12.7. The van der Waals surface area contributed by atoms with Gasteiger partial charge in [-0.2, -0.15) is 0 Å². The van der Waals surface area contributed by atoms with Crippen LogP contribution in [0.2, 0.25) is 0 Å². The van der Waals surface area contributed by atoms with E-state index in [9.17, 15) is 9.59 Å². The number of piperidine rings is 1. The molecule has 0 unspecified atom stereocenters. The Morgan fingerprint density at radius 2 is 1.90 bits per heavy atom. The maximum absolute atomic E-state index is 12.7. The second-order valence-corrected chi connectivity index (χ2v) is 8.43. The highest BCUT2D eigenvalue weighted by Gasteiger charge is 2.26. The van der Waals surface area contributed by atoms with Crippen molar-refractivity contribution in [2.24, 2.45) is 0 Å². The first kappa shape index (κ1) is 19.7. The highest BCUT2D eigenvalue weighted by Crippen LogP contribution is 2.29. The molecule has 160 valence electrons. The third-order valence-corrected chi connectivity index (χ3v) is 6.26. The second kappa shape index (κ2) is 8.13. The number of amides is 1. The molecule has 2 aromatic heterocycles. The maximum Gasteiger partial charge on any atom is 0.287 e. The fourth-order valence-electron chi connectivity index (χ4n) is 4.66. The minimum atomic E-state index is -0.337. The average molecular weight is 418 g/mol. The molecule has 7 nitrogen and oxygen atoms in total. The third-order valence-electron chi connectivity index (χ3n) is 6.26. The number of rotatable bonds is 3. The van der Waals surface area contributed by atoms with E-state index in [0.717, 1.165) is 50.4 Å². The topological polar surface area (TPSA) is 88.3 Å². The van der Waals surface area contributed by atoms with Crippen molar-refractivity contribution in [2.75, 3.05) is 18.0 Å². The van der Waals surface area contributed by atoms with E-state index in [2.05, 4.69) is 15.2 Å². The third kappa shape index (κ3) is 3.92. The number of hydrogen-bond donors (Lipinski definition) is 1. The first-order valence-electron chi connectivity index (χ1n) is 11.0. The van der Waals surface area contributed by atoms with Gasteiger partial charge < -0.3 is 14.6 Å². The van der Waals surface area contributed by atoms with Gasteiger partial charge in [-0.1, -0.05) is 12.1 Å². The lowest BCUT2D eigenvalue weighted by molar-refractivity contribution is 0.0903. The number of benzene rings is 1. The molecule has 1 amide bonds. The summed E-state index contributed by atoms with van der Waals surface area (Å²) in [7, 11) is 0. The van der Waals surface area contributed by atoms with Gasteiger partial charge in [0.2, 0.25) is 0 Å². The first-order valence-corrected chi connectivity index (χ1v) is 11.0. The number of carbonyl (C=O) groups is 1. The van der Waals surface area contributed by atoms with Crippen molar-refractivity contribution in [1.82, 2.24) is 15.3 Å². The van der Waals surface area contributed by atoms with Crippen molar-refractivity contribution in [1.29, 1.82) is 0 Å². The Labute approximate surface area is 180 Å². The van der Waals surface area contributed by atoms with E-state index in [0.29, 0.717) is 11.0 Å². The number of para-hydroxylation sites is 1. The lowest BCUT2D eigenvalue weighted by atomic mass is 9.95. The summed E-state index contributed by atoms with van der Waals surface area (Å²) in [5, 5.41) is 3.52. The fourth-order valence-corrected chi connectivity index (χ4v) is 4.66. The largest absolute Gasteiger partial charge is 0.451 e. The zero-order valence-electron chi connectivity index (χ0n) is 17.7. The van der Waals surface area contributed by atoms with Crippen LogP contribution in [0.1, 0.15) is 53.3 Å². The summed E-state index contributed by atoms with van der Waals surface area (Å²) in [5.41, 5.74) is 2.73. The predicted molar refractivity (Wildman–Crippen MR) is 119 cm³/mol. The van der Waals surface area contributed by atoms with E-state index < -0.39 is 0 Å². The highest BCUT2D eigenvalue weighted by molar-refractivity contribution is 5.93. The van der Waals surface area contributed by atoms with Gasteiger partial charge in [0.05, 0.1) is 5.39 Å². The molecule has 1 aromatic carbocycles. The Morgan fingerprint density at radius 3 is 2.74 bits per heavy atom. The molecule has 3 aromatic rings. The highest BCUT2D eigenvalue weighted by atomic mass is 16.3. The van der Waals surface area contributed by atoms with E-state index in [4.69, 9.17) is 9.40 Å². The Balaban J connectivity index is 1.27. The molecule has 1 saturated heterocycles. The van der Waals surface area contributed by atoms with E-state index in [1.54, 1.807) is 24.3 Å². The Bertz CT molecular complexity index is 1200. The molecule has 1 N–H and O–H groups in total. The smallest absolute Gasteiger partial charge is 0.287 e. The molecule has 0 atom stereocenters. The Morgan fingerprint density at radius 1 is 1.13 bits per heavy atom. The molecule has 0 saturated carbocycles. The van der Waals surface area contributed by atoms with Crippen LogP contribution in [-0.4, -0.2) is 35.0 Å². The van der Waals surface area contributed by atoms with E-state index >= 15 is 0 Å². The molecule has 0 spiro atoms. The molecule has 0 radical (unpaired) electrons. The van der Waals surface area contributed by atoms with Gasteiger partial charge in [0.1, 0.15) is 17.2 Å². The summed E-state index contributed by atoms with van der Waals surface area (Å²) in [4.78, 5) is 36.7. The second-order valence-electron chi connectivity index (χ2n) is 8.43. The van der Waals surface area contributed by atoms with Crippen molar-refractivity contribution in [3.63, 3.8) is 0 Å². The molecule has 3 heterocycles. The average Bonchev–Trinajstić information content (AvgIpc) is 2.79. The number of carbonyl (C=O) groups excluding carboxylic acids is 1. The van der Waals surface area contributed by atoms with Gasteiger partial charge in [-0.3, -0.25) is 9.59 Å². The van der Waals surface area contributed by atoms with Crippen molar-refractivity contribution >= 4 is 22.7 Å². The van der Waals surface area contributed by atoms with Crippen molar-refractivity contribution in [2.45, 2.75) is 51.5 Å². The molecule has 1 aliphatic carbocycles. The van der Waals surface area contributed by atoms with Gasteiger partial charge >= 0.3 is 0 Å². The van der Waals surface area contributed by atoms with Gasteiger partial charge in [0, 0.05) is 36.5 Å². The van der Waals surface area contributed by atoms with Gasteiger partial charge in [-0.25, -0.2) is 9.97 Å². The van der Waals surface area contributed by atoms with E-state index in [-0.39, 0.29) is 23.1 Å². The van der Waals surface area contributed by atoms with Crippen LogP contribution in [0.15, 0.2) is 39.5 Å². The van der Waals surface area contributed by atoms with Crippen LogP contribution in [0.4, 0.5) is 5.82 Å². The van der Waals surface area contributed by atoms with Crippen molar-refractivity contribution < 1.29 is 9.21 Å². The van der Waals surface area contributed by atoms with Gasteiger partial charge in [0.15, 0.2) is 11.2 Å². The Hall–Kier alpha value is -3.22. The lowest BCUT2D eigenvalue weighted by Crippen LogP contribution is -2.45. The predicted octanol–water partition coefficient (Wildman–Crippen LogP) is 3.17. The molecule has 0 bridgehead atoms. The minimum absolute atomic E-state index is 0.0410. The number of aryl methyl sites for hydroxylation is 2. The van der Waals surface area contributed by atoms with Crippen LogP contribution < -0.4 is 15.6 Å². The summed E-state index contributed by atoms with van der Waals surface area (Å²) in [6.07, 6.45) is 6.11. The summed E-state index contributed by atoms with van der Waals surface area (Å²) < 4.78 is 5.67. The Kier molecular flexibility index (Phi) is 5.18. The SMILES string of the molecule is Cc1nc2c(c(N3CCC(NC(=O)c4cc(=O)c5ccccc5o4)CC3)n1)CCCC2. The number of nitrogens with one attached hydrogen (secondary N) is 1. The molecular formula is C24H26N4O3. The van der Waals surface area contributed by atoms with Crippen molar-refractivity contribution in [3.8, 4) is 0 Å². The van der Waals surface area contributed by atoms with Gasteiger partial charge in [-0.05, 0) is 57.6 Å². The summed E-state index contributed by atoms with van der Waals surface area (Å²) >= 11 is 0. The fraction of sp³-hybridized carbons (Fsp3) is 0.417. The van der Waals surface area contributed by atoms with Gasteiger partial charge in [0.25, 0.3) is 5.91 Å². The number of hydrogen-bond acceptors (Lipinski definition) is 6. The normalized spacial score (nSPS) is 16.9.